The van der Waals surface area contributed by atoms with Gasteiger partial charge in [0.1, 0.15) is 11.5 Å². The number of hydrogen-bond donors (Lipinski definition) is 1. The number of nitrogens with zero attached hydrogens (tertiary/aromatic N) is 2. The first-order chi connectivity index (χ1) is 19.3. The molecule has 1 N–H and O–H groups in total. The van der Waals surface area contributed by atoms with Gasteiger partial charge in [-0.3, -0.25) is 14.5 Å². The Kier molecular flexibility index (Phi) is 8.99. The number of methoxy groups -OCH3 is 2. The summed E-state index contributed by atoms with van der Waals surface area (Å²) in [5, 5.41) is 11.5. The van der Waals surface area contributed by atoms with Crippen molar-refractivity contribution in [2.45, 2.75) is 32.2 Å². The summed E-state index contributed by atoms with van der Waals surface area (Å²) in [5.41, 5.74) is 2.50. The summed E-state index contributed by atoms with van der Waals surface area (Å²) >= 11 is 0. The van der Waals surface area contributed by atoms with Gasteiger partial charge in [0.25, 0.3) is 11.7 Å². The van der Waals surface area contributed by atoms with Crippen molar-refractivity contribution < 1.29 is 28.9 Å². The number of ketones is 1. The lowest BCUT2D eigenvalue weighted by Gasteiger charge is -2.26. The number of ether oxygens (including phenoxy) is 3. The largest absolute Gasteiger partial charge is 0.507 e. The van der Waals surface area contributed by atoms with Gasteiger partial charge >= 0.3 is 0 Å². The number of carbonyl (C=O) groups excluding carboxylic acids is 2. The molecule has 1 saturated heterocycles. The molecular weight excluding hydrogens is 508 g/mol. The molecule has 0 aromatic heterocycles. The summed E-state index contributed by atoms with van der Waals surface area (Å²) in [4.78, 5) is 30.4. The lowest BCUT2D eigenvalue weighted by molar-refractivity contribution is -0.132. The molecule has 8 nitrogen and oxygen atoms in total. The monoisotopic (exact) mass is 544 g/mol. The van der Waals surface area contributed by atoms with Crippen LogP contribution in [0.1, 0.15) is 43.4 Å². The Morgan fingerprint density at radius 3 is 2.17 bits per heavy atom. The van der Waals surface area contributed by atoms with E-state index in [2.05, 4.69) is 6.92 Å². The van der Waals surface area contributed by atoms with Crippen LogP contribution in [0, 0.1) is 0 Å². The van der Waals surface area contributed by atoms with Crippen molar-refractivity contribution in [2.24, 2.45) is 0 Å². The van der Waals surface area contributed by atoms with Crippen LogP contribution in [0.5, 0.6) is 17.2 Å². The molecule has 40 heavy (non-hydrogen) atoms. The maximum atomic E-state index is 13.5. The molecule has 0 saturated carbocycles. The van der Waals surface area contributed by atoms with Crippen LogP contribution in [-0.4, -0.2) is 51.7 Å². The maximum Gasteiger partial charge on any atom is 0.300 e. The topological polar surface area (TPSA) is 88.5 Å². The zero-order valence-electron chi connectivity index (χ0n) is 23.6. The summed E-state index contributed by atoms with van der Waals surface area (Å²) in [7, 11) is 6.89. The quantitative estimate of drug-likeness (QED) is 0.138. The number of benzene rings is 3. The van der Waals surface area contributed by atoms with Crippen LogP contribution in [0.4, 0.5) is 11.4 Å². The van der Waals surface area contributed by atoms with E-state index in [0.717, 1.165) is 24.9 Å². The van der Waals surface area contributed by atoms with Crippen molar-refractivity contribution in [3.05, 3.63) is 83.4 Å². The van der Waals surface area contributed by atoms with Gasteiger partial charge in [-0.1, -0.05) is 31.9 Å². The molecule has 1 heterocycles. The van der Waals surface area contributed by atoms with Gasteiger partial charge in [0.05, 0.1) is 32.4 Å². The second kappa shape index (κ2) is 12.6. The number of unbranched alkanes of at least 4 members (excludes halogenated alkanes) is 2. The summed E-state index contributed by atoms with van der Waals surface area (Å²) in [6.07, 6.45) is 3.16. The molecule has 0 spiro atoms. The maximum absolute atomic E-state index is 13.5. The molecule has 3 aromatic rings. The molecule has 0 aliphatic carbocycles. The number of hydrogen-bond acceptors (Lipinski definition) is 7. The molecule has 1 unspecified atom stereocenters. The minimum Gasteiger partial charge on any atom is -0.507 e. The lowest BCUT2D eigenvalue weighted by Crippen LogP contribution is -2.29. The van der Waals surface area contributed by atoms with Crippen molar-refractivity contribution in [2.75, 3.05) is 44.7 Å². The van der Waals surface area contributed by atoms with Gasteiger partial charge in [-0.15, -0.1) is 0 Å². The zero-order valence-corrected chi connectivity index (χ0v) is 23.6. The fourth-order valence-electron chi connectivity index (χ4n) is 4.75. The van der Waals surface area contributed by atoms with Crippen molar-refractivity contribution in [1.29, 1.82) is 0 Å². The number of Topliss-reactive ketones (excluding diaryl/α,β-unsaturated/α-hetero) is 1. The molecule has 3 aromatic carbocycles. The Hall–Kier alpha value is -4.46. The smallest absolute Gasteiger partial charge is 0.300 e. The second-order valence-electron chi connectivity index (χ2n) is 9.77. The van der Waals surface area contributed by atoms with Crippen LogP contribution < -0.4 is 24.0 Å². The van der Waals surface area contributed by atoms with Gasteiger partial charge in [-0.2, -0.15) is 0 Å². The molecule has 210 valence electrons. The van der Waals surface area contributed by atoms with Crippen LogP contribution in [0.15, 0.2) is 72.3 Å². The predicted octanol–water partition coefficient (Wildman–Crippen LogP) is 5.97. The predicted molar refractivity (Wildman–Crippen MR) is 157 cm³/mol. The molecule has 0 bridgehead atoms. The second-order valence-corrected chi connectivity index (χ2v) is 9.77. The van der Waals surface area contributed by atoms with E-state index in [4.69, 9.17) is 14.2 Å². The van der Waals surface area contributed by atoms with Crippen molar-refractivity contribution in [3.8, 4) is 17.2 Å². The average Bonchev–Trinajstić information content (AvgIpc) is 3.24. The third kappa shape index (κ3) is 5.76. The van der Waals surface area contributed by atoms with E-state index in [0.29, 0.717) is 40.7 Å². The minimum atomic E-state index is -0.862. The molecule has 1 amide bonds. The van der Waals surface area contributed by atoms with E-state index in [1.165, 1.54) is 19.1 Å². The third-order valence-electron chi connectivity index (χ3n) is 6.96. The standard InChI is InChI=1S/C32H36N2O6/c1-6-7-8-19-40-25-16-11-22(12-17-25)30(35)28-29(21-9-13-23(14-10-21)33(2)3)34(32(37)31(28)36)24-15-18-26(38-4)27(20-24)39-5/h9-18,20,29,35H,6-8,19H2,1-5H3/b30-28+. The van der Waals surface area contributed by atoms with E-state index >= 15 is 0 Å². The highest BCUT2D eigenvalue weighted by atomic mass is 16.5. The summed E-state index contributed by atoms with van der Waals surface area (Å²) in [6, 6.07) is 18.6. The number of aliphatic hydroxyl groups excluding tert-OH is 1. The molecule has 4 rings (SSSR count). The van der Waals surface area contributed by atoms with Gasteiger partial charge in [0.2, 0.25) is 0 Å². The van der Waals surface area contributed by atoms with E-state index in [1.54, 1.807) is 42.5 Å². The molecule has 8 heteroatoms. The lowest BCUT2D eigenvalue weighted by atomic mass is 9.95. The Morgan fingerprint density at radius 2 is 1.57 bits per heavy atom. The van der Waals surface area contributed by atoms with Gasteiger partial charge in [0, 0.05) is 37.1 Å². The highest BCUT2D eigenvalue weighted by Crippen LogP contribution is 2.44. The van der Waals surface area contributed by atoms with Gasteiger partial charge in [0.15, 0.2) is 11.5 Å². The average molecular weight is 545 g/mol. The first kappa shape index (κ1) is 28.5. The highest BCUT2D eigenvalue weighted by Gasteiger charge is 2.47. The number of carbonyl (C=O) groups is 2. The molecule has 1 atom stereocenters. The summed E-state index contributed by atoms with van der Waals surface area (Å²) in [5.74, 6) is -0.181. The van der Waals surface area contributed by atoms with E-state index in [9.17, 15) is 14.7 Å². The fourth-order valence-corrected chi connectivity index (χ4v) is 4.75. The first-order valence-corrected chi connectivity index (χ1v) is 13.3. The Morgan fingerprint density at radius 1 is 0.900 bits per heavy atom. The molecule has 1 aliphatic rings. The van der Waals surface area contributed by atoms with Crippen molar-refractivity contribution in [3.63, 3.8) is 0 Å². The van der Waals surface area contributed by atoms with Crippen LogP contribution in [0.2, 0.25) is 0 Å². The number of rotatable bonds is 11. The number of aliphatic hydroxyl groups is 1. The van der Waals surface area contributed by atoms with Crippen LogP contribution in [0.25, 0.3) is 5.76 Å². The third-order valence-corrected chi connectivity index (χ3v) is 6.96. The Balaban J connectivity index is 1.79. The number of amides is 1. The van der Waals surface area contributed by atoms with Crippen LogP contribution >= 0.6 is 0 Å². The van der Waals surface area contributed by atoms with Crippen LogP contribution in [-0.2, 0) is 9.59 Å². The van der Waals surface area contributed by atoms with E-state index < -0.39 is 17.7 Å². The first-order valence-electron chi connectivity index (χ1n) is 13.3. The Bertz CT molecular complexity index is 1380. The SMILES string of the molecule is CCCCCOc1ccc(/C(O)=C2\C(=O)C(=O)N(c3ccc(OC)c(OC)c3)C2c2ccc(N(C)C)cc2)cc1. The molecule has 1 aliphatic heterocycles. The molecule has 0 radical (unpaired) electrons. The zero-order chi connectivity index (χ0) is 28.8. The van der Waals surface area contributed by atoms with Crippen molar-refractivity contribution >= 4 is 28.8 Å². The van der Waals surface area contributed by atoms with E-state index in [-0.39, 0.29) is 11.3 Å². The summed E-state index contributed by atoms with van der Waals surface area (Å²) < 4.78 is 16.6. The molecule has 1 fully saturated rings. The summed E-state index contributed by atoms with van der Waals surface area (Å²) in [6.45, 7) is 2.74. The van der Waals surface area contributed by atoms with Crippen LogP contribution in [0.3, 0.4) is 0 Å². The normalized spacial score (nSPS) is 16.2. The van der Waals surface area contributed by atoms with Crippen molar-refractivity contribution in [1.82, 2.24) is 0 Å². The molecular formula is C32H36N2O6. The van der Waals surface area contributed by atoms with Gasteiger partial charge < -0.3 is 24.2 Å². The fraction of sp³-hybridized carbons (Fsp3) is 0.312. The Labute approximate surface area is 235 Å². The van der Waals surface area contributed by atoms with E-state index in [1.807, 2.05) is 43.3 Å². The van der Waals surface area contributed by atoms with Gasteiger partial charge in [-0.25, -0.2) is 0 Å². The highest BCUT2D eigenvalue weighted by molar-refractivity contribution is 6.51. The number of anilines is 2. The minimum absolute atomic E-state index is 0.00834. The van der Waals surface area contributed by atoms with Gasteiger partial charge in [-0.05, 0) is 60.5 Å².